The molecular formula is C17H20N2. The van der Waals surface area contributed by atoms with E-state index in [2.05, 4.69) is 54.7 Å². The highest BCUT2D eigenvalue weighted by Crippen LogP contribution is 2.24. The number of para-hydroxylation sites is 1. The molecule has 0 amide bonds. The van der Waals surface area contributed by atoms with Crippen molar-refractivity contribution in [1.82, 2.24) is 4.98 Å². The fourth-order valence-electron chi connectivity index (χ4n) is 2.19. The summed E-state index contributed by atoms with van der Waals surface area (Å²) in [5, 5.41) is 1.21. The molecule has 0 aliphatic carbocycles. The molecule has 0 fully saturated rings. The number of rotatable bonds is 3. The van der Waals surface area contributed by atoms with Gasteiger partial charge in [0.2, 0.25) is 0 Å². The van der Waals surface area contributed by atoms with Crippen LogP contribution in [-0.2, 0) is 0 Å². The van der Waals surface area contributed by atoms with Crippen LogP contribution in [0.4, 0.5) is 0 Å². The predicted molar refractivity (Wildman–Crippen MR) is 83.8 cm³/mol. The molecule has 0 unspecified atom stereocenters. The van der Waals surface area contributed by atoms with Crippen LogP contribution in [0.15, 0.2) is 53.3 Å². The monoisotopic (exact) mass is 252 g/mol. The summed E-state index contributed by atoms with van der Waals surface area (Å²) in [6.07, 6.45) is 4.11. The summed E-state index contributed by atoms with van der Waals surface area (Å²) in [5.74, 6) is 0. The van der Waals surface area contributed by atoms with E-state index in [1.807, 2.05) is 20.0 Å². The van der Waals surface area contributed by atoms with E-state index in [1.165, 1.54) is 16.5 Å². The first-order valence-corrected chi connectivity index (χ1v) is 6.49. The Morgan fingerprint density at radius 3 is 2.68 bits per heavy atom. The van der Waals surface area contributed by atoms with Crippen molar-refractivity contribution < 1.29 is 0 Å². The predicted octanol–water partition coefficient (Wildman–Crippen LogP) is 4.77. The first-order chi connectivity index (χ1) is 9.04. The van der Waals surface area contributed by atoms with Crippen LogP contribution in [0.5, 0.6) is 0 Å². The van der Waals surface area contributed by atoms with E-state index in [4.69, 9.17) is 0 Å². The summed E-state index contributed by atoms with van der Waals surface area (Å²) >= 11 is 0. The number of aromatic nitrogens is 1. The molecule has 0 saturated heterocycles. The van der Waals surface area contributed by atoms with Gasteiger partial charge >= 0.3 is 0 Å². The van der Waals surface area contributed by atoms with Crippen LogP contribution in [0.25, 0.3) is 10.9 Å². The summed E-state index contributed by atoms with van der Waals surface area (Å²) in [7, 11) is 0. The molecule has 0 radical (unpaired) electrons. The van der Waals surface area contributed by atoms with Crippen molar-refractivity contribution in [3.05, 3.63) is 59.4 Å². The van der Waals surface area contributed by atoms with Gasteiger partial charge in [-0.3, -0.25) is 4.99 Å². The Labute approximate surface area is 114 Å². The molecule has 0 bridgehead atoms. The van der Waals surface area contributed by atoms with Gasteiger partial charge in [-0.05, 0) is 38.8 Å². The van der Waals surface area contributed by atoms with Crippen molar-refractivity contribution in [1.29, 1.82) is 0 Å². The Kier molecular flexibility index (Phi) is 3.70. The Bertz CT molecular complexity index is 684. The number of nitrogens with one attached hydrogen (secondary N) is 1. The normalized spacial score (nSPS) is 13.1. The lowest BCUT2D eigenvalue weighted by molar-refractivity contribution is 1.31. The summed E-state index contributed by atoms with van der Waals surface area (Å²) in [4.78, 5) is 7.96. The average molecular weight is 252 g/mol. The zero-order valence-electron chi connectivity index (χ0n) is 12.0. The molecule has 0 atom stereocenters. The molecular weight excluding hydrogens is 232 g/mol. The van der Waals surface area contributed by atoms with Gasteiger partial charge in [0, 0.05) is 28.4 Å². The first-order valence-electron chi connectivity index (χ1n) is 6.49. The number of hydrogen-bond donors (Lipinski definition) is 1. The minimum atomic E-state index is 0.818. The summed E-state index contributed by atoms with van der Waals surface area (Å²) < 4.78 is 0. The van der Waals surface area contributed by atoms with Crippen LogP contribution in [-0.4, -0.2) is 10.7 Å². The van der Waals surface area contributed by atoms with Crippen molar-refractivity contribution in [3.8, 4) is 0 Å². The SMILES string of the molecule is C=C(C)/N=C(\C(C)=C/C)c1c[nH]c2c(C)cccc12. The van der Waals surface area contributed by atoms with Crippen molar-refractivity contribution in [2.75, 3.05) is 0 Å². The molecule has 1 N–H and O–H groups in total. The van der Waals surface area contributed by atoms with E-state index >= 15 is 0 Å². The van der Waals surface area contributed by atoms with E-state index in [0.717, 1.165) is 22.5 Å². The maximum absolute atomic E-state index is 4.60. The van der Waals surface area contributed by atoms with Gasteiger partial charge in [-0.15, -0.1) is 0 Å². The number of hydrogen-bond acceptors (Lipinski definition) is 1. The Balaban J connectivity index is 2.71. The fourth-order valence-corrected chi connectivity index (χ4v) is 2.19. The van der Waals surface area contributed by atoms with Gasteiger partial charge in [-0.2, -0.15) is 0 Å². The number of aromatic amines is 1. The van der Waals surface area contributed by atoms with E-state index < -0.39 is 0 Å². The van der Waals surface area contributed by atoms with Crippen molar-refractivity contribution >= 4 is 16.6 Å². The van der Waals surface area contributed by atoms with Gasteiger partial charge in [-0.25, -0.2) is 0 Å². The molecule has 0 saturated carbocycles. The minimum absolute atomic E-state index is 0.818. The molecule has 2 heteroatoms. The maximum Gasteiger partial charge on any atom is 0.0752 e. The molecule has 19 heavy (non-hydrogen) atoms. The molecule has 0 spiro atoms. The topological polar surface area (TPSA) is 28.1 Å². The third-order valence-electron chi connectivity index (χ3n) is 3.29. The summed E-state index contributed by atoms with van der Waals surface area (Å²) in [6.45, 7) is 12.0. The minimum Gasteiger partial charge on any atom is -0.360 e. The second kappa shape index (κ2) is 5.27. The van der Waals surface area contributed by atoms with Crippen LogP contribution >= 0.6 is 0 Å². The van der Waals surface area contributed by atoms with Crippen molar-refractivity contribution in [2.45, 2.75) is 27.7 Å². The average Bonchev–Trinajstić information content (AvgIpc) is 2.80. The zero-order valence-corrected chi connectivity index (χ0v) is 12.0. The number of H-pyrrole nitrogens is 1. The number of benzene rings is 1. The zero-order chi connectivity index (χ0) is 14.0. The third-order valence-corrected chi connectivity index (χ3v) is 3.29. The van der Waals surface area contributed by atoms with Gasteiger partial charge in [-0.1, -0.05) is 30.9 Å². The van der Waals surface area contributed by atoms with Crippen LogP contribution in [0, 0.1) is 6.92 Å². The van der Waals surface area contributed by atoms with Crippen molar-refractivity contribution in [3.63, 3.8) is 0 Å². The van der Waals surface area contributed by atoms with Gasteiger partial charge in [0.1, 0.15) is 0 Å². The van der Waals surface area contributed by atoms with Crippen LogP contribution < -0.4 is 0 Å². The van der Waals surface area contributed by atoms with Crippen LogP contribution in [0.2, 0.25) is 0 Å². The smallest absolute Gasteiger partial charge is 0.0752 e. The quantitative estimate of drug-likeness (QED) is 0.762. The molecule has 1 aromatic carbocycles. The number of aliphatic imine (C=N–C) groups is 1. The Morgan fingerprint density at radius 2 is 2.05 bits per heavy atom. The van der Waals surface area contributed by atoms with Gasteiger partial charge < -0.3 is 4.98 Å². The third kappa shape index (κ3) is 2.53. The molecule has 2 aromatic rings. The molecule has 98 valence electrons. The lowest BCUT2D eigenvalue weighted by Gasteiger charge is -2.06. The number of aryl methyl sites for hydroxylation is 1. The van der Waals surface area contributed by atoms with E-state index in [0.29, 0.717) is 0 Å². The number of allylic oxidation sites excluding steroid dienone is 3. The number of fused-ring (bicyclic) bond motifs is 1. The molecule has 2 rings (SSSR count). The Morgan fingerprint density at radius 1 is 1.32 bits per heavy atom. The highest BCUT2D eigenvalue weighted by molar-refractivity contribution is 6.19. The largest absolute Gasteiger partial charge is 0.360 e. The van der Waals surface area contributed by atoms with Crippen LogP contribution in [0.3, 0.4) is 0 Å². The first kappa shape index (κ1) is 13.3. The van der Waals surface area contributed by atoms with Gasteiger partial charge in [0.15, 0.2) is 0 Å². The second-order valence-electron chi connectivity index (χ2n) is 4.87. The van der Waals surface area contributed by atoms with E-state index in [1.54, 1.807) is 0 Å². The van der Waals surface area contributed by atoms with Crippen LogP contribution in [0.1, 0.15) is 31.9 Å². The summed E-state index contributed by atoms with van der Waals surface area (Å²) in [6, 6.07) is 6.32. The molecule has 2 nitrogen and oxygen atoms in total. The lowest BCUT2D eigenvalue weighted by Crippen LogP contribution is -2.02. The highest BCUT2D eigenvalue weighted by Gasteiger charge is 2.12. The number of nitrogens with zero attached hydrogens (tertiary/aromatic N) is 1. The second-order valence-corrected chi connectivity index (χ2v) is 4.87. The summed E-state index contributed by atoms with van der Waals surface area (Å²) in [5.41, 5.74) is 6.53. The molecule has 0 aliphatic rings. The molecule has 1 heterocycles. The van der Waals surface area contributed by atoms with E-state index in [9.17, 15) is 0 Å². The van der Waals surface area contributed by atoms with Gasteiger partial charge in [0.05, 0.1) is 5.71 Å². The van der Waals surface area contributed by atoms with Crippen molar-refractivity contribution in [2.24, 2.45) is 4.99 Å². The fraction of sp³-hybridized carbons (Fsp3) is 0.235. The van der Waals surface area contributed by atoms with Gasteiger partial charge in [0.25, 0.3) is 0 Å². The Hall–Kier alpha value is -2.09. The van der Waals surface area contributed by atoms with E-state index in [-0.39, 0.29) is 0 Å². The lowest BCUT2D eigenvalue weighted by atomic mass is 10.0. The molecule has 1 aromatic heterocycles. The standard InChI is InChI=1S/C17H20N2/c1-6-12(4)17(19-11(2)3)15-10-18-16-13(5)8-7-9-14(15)16/h6-10,18H,2H2,1,3-5H3/b12-6-,19-17+. The maximum atomic E-state index is 4.60. The molecule has 0 aliphatic heterocycles. The highest BCUT2D eigenvalue weighted by atomic mass is 14.8.